The third kappa shape index (κ3) is 14.4. The molecule has 11 atom stereocenters. The van der Waals surface area contributed by atoms with E-state index >= 15 is 0 Å². The minimum absolute atomic E-state index is 0.0119. The van der Waals surface area contributed by atoms with Crippen LogP contribution in [0.5, 0.6) is 28.7 Å². The highest BCUT2D eigenvalue weighted by molar-refractivity contribution is 14.1. The number of hydrogen-bond acceptors (Lipinski definition) is 15. The lowest BCUT2D eigenvalue weighted by atomic mass is 9.46. The molecule has 5 fully saturated rings. The van der Waals surface area contributed by atoms with Gasteiger partial charge in [-0.15, -0.1) is 0 Å². The highest BCUT2D eigenvalue weighted by Crippen LogP contribution is 2.71. The molecule has 0 amide bonds. The van der Waals surface area contributed by atoms with Gasteiger partial charge in [0.2, 0.25) is 0 Å². The number of thioether (sulfide) groups is 1. The number of nitrogens with one attached hydrogen (secondary N) is 1. The quantitative estimate of drug-likeness (QED) is 0.0473. The van der Waals surface area contributed by atoms with E-state index in [1.54, 1.807) is 35.4 Å². The van der Waals surface area contributed by atoms with Crippen molar-refractivity contribution in [1.29, 1.82) is 0 Å². The lowest BCUT2D eigenvalue weighted by molar-refractivity contribution is -0.167. The Morgan fingerprint density at radius 1 is 0.789 bits per heavy atom. The monoisotopic (exact) mass is 1540 g/mol. The molecule has 17 heteroatoms. The van der Waals surface area contributed by atoms with Crippen molar-refractivity contribution in [3.8, 4) is 28.7 Å². The van der Waals surface area contributed by atoms with Gasteiger partial charge in [0.15, 0.2) is 39.7 Å². The lowest BCUT2D eigenvalue weighted by Gasteiger charge is -2.61. The number of halogens is 2. The first-order valence-electron chi connectivity index (χ1n) is 35.3. The summed E-state index contributed by atoms with van der Waals surface area (Å²) in [4.78, 5) is 55.1. The Labute approximate surface area is 595 Å². The van der Waals surface area contributed by atoms with E-state index < -0.39 is 0 Å². The van der Waals surface area contributed by atoms with Crippen molar-refractivity contribution in [1.82, 2.24) is 15.1 Å². The van der Waals surface area contributed by atoms with Crippen molar-refractivity contribution in [3.05, 3.63) is 119 Å². The molecule has 4 aliphatic carbocycles. The average molecular weight is 1540 g/mol. The lowest BCUT2D eigenvalue weighted by Crippen LogP contribution is -2.57. The maximum atomic E-state index is 13.6. The number of unbranched alkanes of at least 4 members (excludes halogenated alkanes) is 1. The van der Waals surface area contributed by atoms with Crippen molar-refractivity contribution in [2.75, 3.05) is 74.3 Å². The van der Waals surface area contributed by atoms with Gasteiger partial charge in [-0.1, -0.05) is 89.9 Å². The number of rotatable bonds is 19. The summed E-state index contributed by atoms with van der Waals surface area (Å²) in [6.45, 7) is 22.1. The Hall–Kier alpha value is -4.67. The molecule has 14 nitrogen and oxygen atoms in total. The van der Waals surface area contributed by atoms with Gasteiger partial charge in [-0.3, -0.25) is 24.1 Å². The summed E-state index contributed by atoms with van der Waals surface area (Å²) in [5.74, 6) is 8.02. The summed E-state index contributed by atoms with van der Waals surface area (Å²) in [5.41, 5.74) is 8.85. The first-order chi connectivity index (χ1) is 45.8. The van der Waals surface area contributed by atoms with Crippen LogP contribution in [0.15, 0.2) is 76.7 Å². The Kier molecular flexibility index (Phi) is 23.2. The number of likely N-dealkylation sites (N-methyl/N-ethyl adjacent to an activating group) is 1. The Morgan fingerprint density at radius 2 is 1.46 bits per heavy atom. The van der Waals surface area contributed by atoms with E-state index in [4.69, 9.17) is 32.8 Å². The van der Waals surface area contributed by atoms with Crippen LogP contribution in [0.4, 0.5) is 0 Å². The Morgan fingerprint density at radius 3 is 2.12 bits per heavy atom. The molecule has 2 saturated heterocycles. The molecule has 8 aliphatic rings. The number of allylic oxidation sites excluding steroid dienone is 1. The van der Waals surface area contributed by atoms with Gasteiger partial charge in [-0.25, -0.2) is 0 Å². The molecule has 1 N–H and O–H groups in total. The van der Waals surface area contributed by atoms with Crippen LogP contribution >= 0.6 is 56.9 Å². The summed E-state index contributed by atoms with van der Waals surface area (Å²) in [6, 6.07) is 21.3. The molecule has 0 bridgehead atoms. The number of hydrogen-bond donors (Lipinski definition) is 1. The number of fused-ring (bicyclic) bond motifs is 11. The van der Waals surface area contributed by atoms with Crippen molar-refractivity contribution in [2.24, 2.45) is 40.4 Å². The second-order valence-electron chi connectivity index (χ2n) is 28.4. The zero-order valence-corrected chi connectivity index (χ0v) is 63.1. The van der Waals surface area contributed by atoms with E-state index in [1.807, 2.05) is 42.5 Å². The van der Waals surface area contributed by atoms with Crippen molar-refractivity contribution in [2.45, 2.75) is 181 Å². The average Bonchev–Trinajstić information content (AvgIpc) is 1.61. The summed E-state index contributed by atoms with van der Waals surface area (Å²) >= 11 is 6.03. The van der Waals surface area contributed by atoms with E-state index in [0.717, 1.165) is 169 Å². The van der Waals surface area contributed by atoms with Gasteiger partial charge in [-0.05, 0) is 248 Å². The fourth-order valence-corrected chi connectivity index (χ4v) is 21.8. The minimum atomic E-state index is -0.287. The summed E-state index contributed by atoms with van der Waals surface area (Å²) < 4.78 is 42.6. The second kappa shape index (κ2) is 30.8. The predicted octanol–water partition coefficient (Wildman–Crippen LogP) is 16.7. The number of ketones is 2. The number of para-hydroxylation sites is 1. The number of benzene rings is 4. The fraction of sp³-hybridized carbons (Fsp3) is 0.590. The standard InChI is InChI=1S/C29H40N2O4.C25H29I2NO3.C24H32O4S/c1-6-18-17-31-10-8-20-14-27(33-3)29(35-5)16-23(20)25(31)12-21(18)11-24-22-15-28(34-4)26(32-2)13-19(22)7-9-30-24;1-4-7-11-22-23(18-10-8-9-12-21(18)31-22)24(29)17-15-19(26)25(20(27)16-17)30-14-13-28(5-2)6-3;1-14(25)29-19-13-15-12-16(26)4-8-22(15,2)17-5-9-23(3)18(21(17)19)6-10-24(23)11-7-20(27)28-24/h13-16,18,21,24-25,30H,6-12,17H2,1-5H3;8-10,12,15-16H,4-7,11,13-14H2,1-3H3;12,17-19,21H,4-11,13H2,1-3H3/t18-,21-,24+,25-;;17-,18-,19+,21+,22-,23-,24+/m0.0/s1. The molecule has 3 saturated carbocycles. The molecule has 5 aromatic rings. The van der Waals surface area contributed by atoms with Gasteiger partial charge in [-0.2, -0.15) is 0 Å². The smallest absolute Gasteiger partial charge is 0.306 e. The van der Waals surface area contributed by atoms with Gasteiger partial charge in [0.25, 0.3) is 0 Å². The number of esters is 1. The number of methoxy groups -OCH3 is 4. The van der Waals surface area contributed by atoms with Crippen molar-refractivity contribution in [3.63, 3.8) is 0 Å². The summed E-state index contributed by atoms with van der Waals surface area (Å²) in [7, 11) is 6.90. The SMILES string of the molecule is CC(=O)S[C@@H]1CC2=CC(=O)CC[C@]2(C)[C@H]2CC[C@@]3(C)[C@@H](CC[C@@]34CCC(=O)O4)[C@H]12.CCCCc1oc2ccccc2c1C(=O)c1cc(I)c(OCCN(CC)CC)c(I)c1.CC[C@H]1CN2CCc3cc(OC)c(OC)cc3[C@@H]2C[C@@H]1C[C@H]1NCCc2cc(OC)c(OC)cc21. The largest absolute Gasteiger partial charge is 0.493 e. The van der Waals surface area contributed by atoms with Gasteiger partial charge < -0.3 is 43.1 Å². The number of carbonyl (C=O) groups excluding carboxylic acids is 4. The molecule has 1 spiro atoms. The molecule has 4 aliphatic heterocycles. The summed E-state index contributed by atoms with van der Waals surface area (Å²) in [5, 5.41) is 5.14. The number of ether oxygens (including phenoxy) is 6. The van der Waals surface area contributed by atoms with Crippen LogP contribution in [0.3, 0.4) is 0 Å². The van der Waals surface area contributed by atoms with Crippen LogP contribution in [0.25, 0.3) is 11.0 Å². The predicted molar refractivity (Wildman–Crippen MR) is 394 cm³/mol. The molecule has 95 heavy (non-hydrogen) atoms. The van der Waals surface area contributed by atoms with Crippen LogP contribution in [-0.2, 0) is 38.4 Å². The summed E-state index contributed by atoms with van der Waals surface area (Å²) in [6.07, 6.45) is 18.5. The molecule has 4 aromatic carbocycles. The number of furan rings is 1. The van der Waals surface area contributed by atoms with Gasteiger partial charge in [0.1, 0.15) is 29.3 Å². The first kappa shape index (κ1) is 71.6. The fourth-order valence-electron chi connectivity index (χ4n) is 18.5. The topological polar surface area (TPSA) is 155 Å². The maximum Gasteiger partial charge on any atom is 0.306 e. The van der Waals surface area contributed by atoms with E-state index in [1.165, 1.54) is 59.0 Å². The molecular weight excluding hydrogens is 1440 g/mol. The van der Waals surface area contributed by atoms with Crippen LogP contribution in [0.1, 0.15) is 194 Å². The third-order valence-electron chi connectivity index (χ3n) is 23.7. The first-order valence-corrected chi connectivity index (χ1v) is 38.3. The van der Waals surface area contributed by atoms with Gasteiger partial charge >= 0.3 is 5.97 Å². The third-order valence-corrected chi connectivity index (χ3v) is 26.4. The normalized spacial score (nSPS) is 28.0. The molecule has 0 radical (unpaired) electrons. The van der Waals surface area contributed by atoms with E-state index in [-0.39, 0.29) is 44.3 Å². The van der Waals surface area contributed by atoms with Gasteiger partial charge in [0, 0.05) is 79.5 Å². The van der Waals surface area contributed by atoms with E-state index in [2.05, 4.69) is 126 Å². The Bertz CT molecular complexity index is 3630. The molecule has 1 aromatic heterocycles. The molecular formula is C78H101I2N3O11S. The molecule has 13 rings (SSSR count). The highest BCUT2D eigenvalue weighted by Gasteiger charge is 2.68. The van der Waals surface area contributed by atoms with Crippen molar-refractivity contribution < 1.29 is 52.0 Å². The van der Waals surface area contributed by atoms with Gasteiger partial charge in [0.05, 0.1) is 41.1 Å². The maximum absolute atomic E-state index is 13.6. The van der Waals surface area contributed by atoms with Crippen LogP contribution in [0.2, 0.25) is 0 Å². The van der Waals surface area contributed by atoms with E-state index in [0.29, 0.717) is 72.2 Å². The molecule has 5 heterocycles. The van der Waals surface area contributed by atoms with Crippen LogP contribution in [0, 0.1) is 47.6 Å². The van der Waals surface area contributed by atoms with Crippen molar-refractivity contribution >= 4 is 90.6 Å². The number of aryl methyl sites for hydroxylation is 1. The second-order valence-corrected chi connectivity index (χ2v) is 32.1. The number of nitrogens with zero attached hydrogens (tertiary/aromatic N) is 2. The van der Waals surface area contributed by atoms with Crippen LogP contribution in [-0.4, -0.2) is 118 Å². The zero-order chi connectivity index (χ0) is 67.5. The number of piperidine rings is 1. The van der Waals surface area contributed by atoms with Crippen LogP contribution < -0.4 is 29.0 Å². The zero-order valence-electron chi connectivity index (χ0n) is 58.0. The highest BCUT2D eigenvalue weighted by atomic mass is 127. The molecule has 0 unspecified atom stereocenters. The minimum Gasteiger partial charge on any atom is -0.493 e. The Balaban J connectivity index is 0.000000146. The molecule has 514 valence electrons. The number of carbonyl (C=O) groups is 4. The van der Waals surface area contributed by atoms with E-state index in [9.17, 15) is 19.2 Å².